The fourth-order valence-electron chi connectivity index (χ4n) is 2.75. The number of benzene rings is 1. The Hall–Kier alpha value is -2.91. The normalized spacial score (nSPS) is 12.4. The third kappa shape index (κ3) is 3.47. The Morgan fingerprint density at radius 1 is 1.24 bits per heavy atom. The lowest BCUT2D eigenvalue weighted by Crippen LogP contribution is -2.22. The van der Waals surface area contributed by atoms with Gasteiger partial charge >= 0.3 is 0 Å². The fourth-order valence-corrected chi connectivity index (χ4v) is 2.75. The van der Waals surface area contributed by atoms with E-state index in [1.165, 1.54) is 27.9 Å². The van der Waals surface area contributed by atoms with Crippen molar-refractivity contribution in [2.75, 3.05) is 0 Å². The number of rotatable bonds is 5. The Morgan fingerprint density at radius 2 is 1.92 bits per heavy atom. The summed E-state index contributed by atoms with van der Waals surface area (Å²) in [4.78, 5) is 16.5. The van der Waals surface area contributed by atoms with E-state index in [9.17, 15) is 4.79 Å². The van der Waals surface area contributed by atoms with Gasteiger partial charge in [-0.3, -0.25) is 9.89 Å². The highest BCUT2D eigenvalue weighted by Crippen LogP contribution is 2.18. The first-order valence-corrected chi connectivity index (χ1v) is 8.33. The molecule has 2 heterocycles. The zero-order chi connectivity index (χ0) is 18.0. The van der Waals surface area contributed by atoms with Gasteiger partial charge in [-0.15, -0.1) is 0 Å². The molecule has 0 spiro atoms. The summed E-state index contributed by atoms with van der Waals surface area (Å²) in [7, 11) is 0. The van der Waals surface area contributed by atoms with E-state index >= 15 is 0 Å². The van der Waals surface area contributed by atoms with Crippen LogP contribution in [0.5, 0.6) is 0 Å². The van der Waals surface area contributed by atoms with Crippen LogP contribution >= 0.6 is 0 Å². The molecule has 1 atom stereocenters. The van der Waals surface area contributed by atoms with Crippen molar-refractivity contribution < 1.29 is 0 Å². The Balaban J connectivity index is 1.75. The molecule has 1 unspecified atom stereocenters. The number of nitrogens with one attached hydrogen (secondary N) is 2. The van der Waals surface area contributed by atoms with Gasteiger partial charge in [0, 0.05) is 24.8 Å². The Kier molecular flexibility index (Phi) is 4.68. The standard InChI is InChI=1S/C19H21N5O/c1-12(2)14-4-6-15(7-5-14)13(3)21-11-17-8-18(25)24-19(23-17)16(9-20)10-22-24/h4-8,10,12-13,21-22H,11H2,1-3H3. The summed E-state index contributed by atoms with van der Waals surface area (Å²) in [6.45, 7) is 6.88. The lowest BCUT2D eigenvalue weighted by Gasteiger charge is -2.15. The summed E-state index contributed by atoms with van der Waals surface area (Å²) in [6, 6.07) is 12.2. The van der Waals surface area contributed by atoms with Crippen LogP contribution in [-0.4, -0.2) is 14.6 Å². The molecule has 0 fully saturated rings. The van der Waals surface area contributed by atoms with Crippen LogP contribution in [0.4, 0.5) is 0 Å². The molecule has 1 aromatic carbocycles. The van der Waals surface area contributed by atoms with E-state index in [1.54, 1.807) is 0 Å². The molecule has 0 bridgehead atoms. The van der Waals surface area contributed by atoms with Crippen molar-refractivity contribution in [3.63, 3.8) is 0 Å². The molecule has 0 aliphatic heterocycles. The summed E-state index contributed by atoms with van der Waals surface area (Å²) in [5.74, 6) is 0.511. The number of nitriles is 1. The van der Waals surface area contributed by atoms with E-state index in [-0.39, 0.29) is 11.6 Å². The lowest BCUT2D eigenvalue weighted by molar-refractivity contribution is 0.566. The molecule has 0 saturated heterocycles. The number of aromatic nitrogens is 3. The molecule has 3 aromatic rings. The maximum absolute atomic E-state index is 12.1. The van der Waals surface area contributed by atoms with Gasteiger partial charge < -0.3 is 5.32 Å². The van der Waals surface area contributed by atoms with Crippen molar-refractivity contribution in [3.8, 4) is 6.07 Å². The van der Waals surface area contributed by atoms with Gasteiger partial charge in [-0.2, -0.15) is 5.26 Å². The first kappa shape index (κ1) is 16.9. The predicted molar refractivity (Wildman–Crippen MR) is 96.3 cm³/mol. The third-order valence-electron chi connectivity index (χ3n) is 4.36. The van der Waals surface area contributed by atoms with Crippen LogP contribution in [0.2, 0.25) is 0 Å². The van der Waals surface area contributed by atoms with Gasteiger partial charge in [-0.05, 0) is 24.0 Å². The first-order valence-electron chi connectivity index (χ1n) is 8.33. The second-order valence-corrected chi connectivity index (χ2v) is 6.47. The number of hydrogen-bond donors (Lipinski definition) is 2. The monoisotopic (exact) mass is 335 g/mol. The summed E-state index contributed by atoms with van der Waals surface area (Å²) in [5, 5.41) is 15.2. The molecule has 0 radical (unpaired) electrons. The van der Waals surface area contributed by atoms with Crippen LogP contribution in [0, 0.1) is 11.3 Å². The van der Waals surface area contributed by atoms with Crippen molar-refractivity contribution in [2.24, 2.45) is 0 Å². The van der Waals surface area contributed by atoms with Gasteiger partial charge in [-0.25, -0.2) is 9.50 Å². The average molecular weight is 335 g/mol. The number of hydrogen-bond acceptors (Lipinski definition) is 4. The van der Waals surface area contributed by atoms with Gasteiger partial charge in [-0.1, -0.05) is 38.1 Å². The first-order chi connectivity index (χ1) is 12.0. The van der Waals surface area contributed by atoms with Crippen LogP contribution < -0.4 is 10.9 Å². The van der Waals surface area contributed by atoms with Gasteiger partial charge in [0.15, 0.2) is 5.65 Å². The lowest BCUT2D eigenvalue weighted by atomic mass is 9.99. The minimum absolute atomic E-state index is 0.128. The zero-order valence-electron chi connectivity index (χ0n) is 14.6. The van der Waals surface area contributed by atoms with Crippen molar-refractivity contribution in [3.05, 3.63) is 69.3 Å². The van der Waals surface area contributed by atoms with E-state index in [0.717, 1.165) is 0 Å². The fraction of sp³-hybridized carbons (Fsp3) is 0.316. The molecular formula is C19H21N5O. The van der Waals surface area contributed by atoms with Crippen LogP contribution in [-0.2, 0) is 6.54 Å². The second kappa shape index (κ2) is 6.91. The average Bonchev–Trinajstić information content (AvgIpc) is 3.03. The van der Waals surface area contributed by atoms with Crippen molar-refractivity contribution >= 4 is 5.65 Å². The number of nitrogens with zero attached hydrogens (tertiary/aromatic N) is 3. The summed E-state index contributed by atoms with van der Waals surface area (Å²) < 4.78 is 1.27. The Bertz CT molecular complexity index is 976. The Labute approximate surface area is 146 Å². The Morgan fingerprint density at radius 3 is 2.56 bits per heavy atom. The predicted octanol–water partition coefficient (Wildman–Crippen LogP) is 2.87. The summed E-state index contributed by atoms with van der Waals surface area (Å²) >= 11 is 0. The summed E-state index contributed by atoms with van der Waals surface area (Å²) in [5.41, 5.74) is 3.61. The molecule has 0 saturated carbocycles. The van der Waals surface area contributed by atoms with E-state index in [4.69, 9.17) is 5.26 Å². The zero-order valence-corrected chi connectivity index (χ0v) is 14.6. The summed E-state index contributed by atoms with van der Waals surface area (Å²) in [6.07, 6.45) is 1.49. The van der Waals surface area contributed by atoms with Crippen LogP contribution in [0.1, 0.15) is 55.1 Å². The van der Waals surface area contributed by atoms with Gasteiger partial charge in [0.25, 0.3) is 5.56 Å². The quantitative estimate of drug-likeness (QED) is 0.751. The molecule has 6 nitrogen and oxygen atoms in total. The van der Waals surface area contributed by atoms with Crippen molar-refractivity contribution in [1.29, 1.82) is 5.26 Å². The molecule has 0 amide bonds. The third-order valence-corrected chi connectivity index (χ3v) is 4.36. The highest BCUT2D eigenvalue weighted by atomic mass is 16.1. The molecule has 3 rings (SSSR count). The largest absolute Gasteiger partial charge is 0.305 e. The minimum atomic E-state index is -0.225. The molecule has 128 valence electrons. The van der Waals surface area contributed by atoms with E-state index < -0.39 is 0 Å². The van der Waals surface area contributed by atoms with Crippen molar-refractivity contribution in [2.45, 2.75) is 39.3 Å². The van der Waals surface area contributed by atoms with Gasteiger partial charge in [0.2, 0.25) is 0 Å². The maximum atomic E-state index is 12.1. The SMILES string of the molecule is CC(C)c1ccc(C(C)NCc2cc(=O)n3[nH]cc(C#N)c3n2)cc1. The highest BCUT2D eigenvalue weighted by Gasteiger charge is 2.10. The molecule has 2 aromatic heterocycles. The van der Waals surface area contributed by atoms with Crippen molar-refractivity contribution in [1.82, 2.24) is 19.9 Å². The smallest absolute Gasteiger partial charge is 0.272 e. The van der Waals surface area contributed by atoms with E-state index in [2.05, 4.69) is 60.4 Å². The van der Waals surface area contributed by atoms with Gasteiger partial charge in [0.05, 0.1) is 5.69 Å². The highest BCUT2D eigenvalue weighted by molar-refractivity contribution is 5.53. The molecule has 25 heavy (non-hydrogen) atoms. The second-order valence-electron chi connectivity index (χ2n) is 6.47. The maximum Gasteiger partial charge on any atom is 0.272 e. The number of H-pyrrole nitrogens is 1. The molecular weight excluding hydrogens is 314 g/mol. The van der Waals surface area contributed by atoms with E-state index in [1.807, 2.05) is 6.07 Å². The van der Waals surface area contributed by atoms with Crippen LogP contribution in [0.3, 0.4) is 0 Å². The molecule has 6 heteroatoms. The van der Waals surface area contributed by atoms with Gasteiger partial charge in [0.1, 0.15) is 11.6 Å². The van der Waals surface area contributed by atoms with Crippen LogP contribution in [0.15, 0.2) is 41.3 Å². The molecule has 0 aliphatic carbocycles. The topological polar surface area (TPSA) is 86.0 Å². The minimum Gasteiger partial charge on any atom is -0.305 e. The van der Waals surface area contributed by atoms with Crippen LogP contribution in [0.25, 0.3) is 5.65 Å². The number of fused-ring (bicyclic) bond motifs is 1. The number of aromatic amines is 1. The molecule has 2 N–H and O–H groups in total. The molecule has 0 aliphatic rings. The van der Waals surface area contributed by atoms with E-state index in [0.29, 0.717) is 29.4 Å².